The Morgan fingerprint density at radius 3 is 2.38 bits per heavy atom. The zero-order valence-corrected chi connectivity index (χ0v) is 17.1. The number of nitrogens with one attached hydrogen (secondary N) is 1. The lowest BCUT2D eigenvalue weighted by Gasteiger charge is -2.56. The Bertz CT molecular complexity index is 933. The van der Waals surface area contributed by atoms with E-state index in [1.54, 1.807) is 18.5 Å². The van der Waals surface area contributed by atoms with Crippen molar-refractivity contribution in [2.24, 2.45) is 17.8 Å². The largest absolute Gasteiger partial charge is 0.350 e. The molecule has 0 spiro atoms. The number of hydrogen-bond acceptors (Lipinski definition) is 5. The van der Waals surface area contributed by atoms with Crippen molar-refractivity contribution in [3.05, 3.63) is 42.2 Å². The van der Waals surface area contributed by atoms with Crippen molar-refractivity contribution in [3.63, 3.8) is 0 Å². The summed E-state index contributed by atoms with van der Waals surface area (Å²) in [5.74, 6) is 2.77. The fraction of sp³-hybridized carbons (Fsp3) is 0.478. The second kappa shape index (κ2) is 7.46. The Morgan fingerprint density at radius 1 is 1.10 bits per heavy atom. The van der Waals surface area contributed by atoms with Gasteiger partial charge in [0.15, 0.2) is 0 Å². The highest BCUT2D eigenvalue weighted by Gasteiger charge is 2.51. The summed E-state index contributed by atoms with van der Waals surface area (Å²) < 4.78 is 0. The van der Waals surface area contributed by atoms with Crippen LogP contribution in [0.5, 0.6) is 0 Å². The first-order valence-electron chi connectivity index (χ1n) is 10.4. The lowest BCUT2D eigenvalue weighted by molar-refractivity contribution is -0.124. The van der Waals surface area contributed by atoms with E-state index in [-0.39, 0.29) is 11.4 Å². The first-order valence-corrected chi connectivity index (χ1v) is 11.4. The summed E-state index contributed by atoms with van der Waals surface area (Å²) in [7, 11) is 0. The molecule has 6 heteroatoms. The summed E-state index contributed by atoms with van der Waals surface area (Å²) in [6.45, 7) is 0. The SMILES string of the molecule is N#Cc1ccc(-c2ccncc2)nc1SCC(=O)NC12CC3CC(CC(C3)C1)C2. The molecule has 1 amide bonds. The van der Waals surface area contributed by atoms with Gasteiger partial charge in [-0.25, -0.2) is 4.98 Å². The molecule has 0 aromatic carbocycles. The monoisotopic (exact) mass is 404 g/mol. The highest BCUT2D eigenvalue weighted by molar-refractivity contribution is 8.00. The highest BCUT2D eigenvalue weighted by atomic mass is 32.2. The van der Waals surface area contributed by atoms with Crippen LogP contribution in [-0.2, 0) is 4.79 Å². The van der Waals surface area contributed by atoms with Crippen molar-refractivity contribution in [3.8, 4) is 17.3 Å². The van der Waals surface area contributed by atoms with Crippen LogP contribution >= 0.6 is 11.8 Å². The molecule has 0 aliphatic heterocycles. The Balaban J connectivity index is 1.27. The maximum absolute atomic E-state index is 12.8. The molecule has 0 unspecified atom stereocenters. The third-order valence-corrected chi connectivity index (χ3v) is 7.73. The van der Waals surface area contributed by atoms with Crippen molar-refractivity contribution >= 4 is 17.7 Å². The lowest BCUT2D eigenvalue weighted by atomic mass is 9.53. The van der Waals surface area contributed by atoms with Crippen LogP contribution in [-0.4, -0.2) is 27.2 Å². The molecule has 1 N–H and O–H groups in total. The second-order valence-electron chi connectivity index (χ2n) is 8.93. The van der Waals surface area contributed by atoms with Gasteiger partial charge < -0.3 is 5.32 Å². The molecule has 6 rings (SSSR count). The van der Waals surface area contributed by atoms with Gasteiger partial charge in [-0.15, -0.1) is 0 Å². The molecule has 2 heterocycles. The number of pyridine rings is 2. The molecule has 4 aliphatic rings. The second-order valence-corrected chi connectivity index (χ2v) is 9.90. The number of hydrogen-bond donors (Lipinski definition) is 1. The third kappa shape index (κ3) is 3.76. The first-order chi connectivity index (χ1) is 14.1. The Morgan fingerprint density at radius 2 is 1.76 bits per heavy atom. The van der Waals surface area contributed by atoms with E-state index >= 15 is 0 Å². The maximum Gasteiger partial charge on any atom is 0.230 e. The predicted molar refractivity (Wildman–Crippen MR) is 112 cm³/mol. The summed E-state index contributed by atoms with van der Waals surface area (Å²) in [5.41, 5.74) is 2.27. The van der Waals surface area contributed by atoms with Gasteiger partial charge in [-0.05, 0) is 80.5 Å². The Hall–Kier alpha value is -2.39. The molecule has 0 atom stereocenters. The van der Waals surface area contributed by atoms with Crippen molar-refractivity contribution in [2.75, 3.05) is 5.75 Å². The third-order valence-electron chi connectivity index (χ3n) is 6.74. The zero-order chi connectivity index (χ0) is 19.8. The van der Waals surface area contributed by atoms with E-state index in [0.717, 1.165) is 48.3 Å². The van der Waals surface area contributed by atoms with E-state index in [1.165, 1.54) is 31.0 Å². The predicted octanol–water partition coefficient (Wildman–Crippen LogP) is 4.19. The van der Waals surface area contributed by atoms with E-state index in [0.29, 0.717) is 16.3 Å². The molecule has 0 saturated heterocycles. The van der Waals surface area contributed by atoms with Crippen LogP contribution in [0, 0.1) is 29.1 Å². The van der Waals surface area contributed by atoms with Gasteiger partial charge in [0.2, 0.25) is 5.91 Å². The van der Waals surface area contributed by atoms with Gasteiger partial charge >= 0.3 is 0 Å². The van der Waals surface area contributed by atoms with Gasteiger partial charge in [-0.3, -0.25) is 9.78 Å². The van der Waals surface area contributed by atoms with E-state index in [2.05, 4.69) is 21.4 Å². The molecule has 2 aromatic rings. The highest BCUT2D eigenvalue weighted by Crippen LogP contribution is 2.55. The summed E-state index contributed by atoms with van der Waals surface area (Å²) in [6, 6.07) is 9.60. The topological polar surface area (TPSA) is 78.7 Å². The average Bonchev–Trinajstić information content (AvgIpc) is 2.71. The minimum Gasteiger partial charge on any atom is -0.350 e. The van der Waals surface area contributed by atoms with Crippen molar-refractivity contribution in [1.29, 1.82) is 5.26 Å². The molecule has 0 radical (unpaired) electrons. The number of amides is 1. The van der Waals surface area contributed by atoms with Crippen molar-refractivity contribution < 1.29 is 4.79 Å². The quantitative estimate of drug-likeness (QED) is 0.756. The normalized spacial score (nSPS) is 29.4. The number of rotatable bonds is 5. The first kappa shape index (κ1) is 18.6. The molecule has 148 valence electrons. The molecule has 4 bridgehead atoms. The van der Waals surface area contributed by atoms with Crippen LogP contribution in [0.3, 0.4) is 0 Å². The molecular weight excluding hydrogens is 380 g/mol. The smallest absolute Gasteiger partial charge is 0.230 e. The molecule has 29 heavy (non-hydrogen) atoms. The molecule has 4 saturated carbocycles. The van der Waals surface area contributed by atoms with Crippen LogP contribution in [0.15, 0.2) is 41.7 Å². The van der Waals surface area contributed by atoms with Gasteiger partial charge in [-0.1, -0.05) is 11.8 Å². The molecule has 2 aromatic heterocycles. The Kier molecular flexibility index (Phi) is 4.79. The fourth-order valence-electron chi connectivity index (χ4n) is 6.05. The van der Waals surface area contributed by atoms with Gasteiger partial charge in [0, 0.05) is 23.5 Å². The number of carbonyl (C=O) groups is 1. The van der Waals surface area contributed by atoms with Crippen LogP contribution in [0.1, 0.15) is 44.1 Å². The fourth-order valence-corrected chi connectivity index (χ4v) is 6.82. The van der Waals surface area contributed by atoms with Gasteiger partial charge in [0.25, 0.3) is 0 Å². The van der Waals surface area contributed by atoms with E-state index in [9.17, 15) is 10.1 Å². The summed E-state index contributed by atoms with van der Waals surface area (Å²) in [5, 5.41) is 13.5. The van der Waals surface area contributed by atoms with Crippen LogP contribution < -0.4 is 5.32 Å². The standard InChI is InChI=1S/C23H24N4OS/c24-13-19-1-2-20(18-3-5-25-6-4-18)26-22(19)29-14-21(28)27-23-10-15-7-16(11-23)9-17(8-15)12-23/h1-6,15-17H,7-12,14H2,(H,27,28). The van der Waals surface area contributed by atoms with Crippen molar-refractivity contribution in [1.82, 2.24) is 15.3 Å². The summed E-state index contributed by atoms with van der Waals surface area (Å²) in [4.78, 5) is 21.5. The van der Waals surface area contributed by atoms with Crippen LogP contribution in [0.4, 0.5) is 0 Å². The van der Waals surface area contributed by atoms with Gasteiger partial charge in [0.1, 0.15) is 11.1 Å². The number of thioether (sulfide) groups is 1. The zero-order valence-electron chi connectivity index (χ0n) is 16.3. The van der Waals surface area contributed by atoms with Gasteiger partial charge in [-0.2, -0.15) is 5.26 Å². The van der Waals surface area contributed by atoms with E-state index in [1.807, 2.05) is 18.2 Å². The average molecular weight is 405 g/mol. The summed E-state index contributed by atoms with van der Waals surface area (Å²) >= 11 is 1.36. The van der Waals surface area contributed by atoms with Gasteiger partial charge in [0.05, 0.1) is 17.0 Å². The van der Waals surface area contributed by atoms with Crippen molar-refractivity contribution in [2.45, 2.75) is 49.1 Å². The summed E-state index contributed by atoms with van der Waals surface area (Å²) in [6.07, 6.45) is 11.0. The van der Waals surface area contributed by atoms with E-state index < -0.39 is 0 Å². The van der Waals surface area contributed by atoms with Crippen LogP contribution in [0.2, 0.25) is 0 Å². The number of carbonyl (C=O) groups excluding carboxylic acids is 1. The number of nitrogens with zero attached hydrogens (tertiary/aromatic N) is 3. The molecule has 4 fully saturated rings. The molecule has 5 nitrogen and oxygen atoms in total. The minimum absolute atomic E-state index is 0.0246. The lowest BCUT2D eigenvalue weighted by Crippen LogP contribution is -2.60. The minimum atomic E-state index is 0.0246. The number of nitriles is 1. The maximum atomic E-state index is 12.8. The molecular formula is C23H24N4OS. The van der Waals surface area contributed by atoms with E-state index in [4.69, 9.17) is 0 Å². The molecule has 4 aliphatic carbocycles. The van der Waals surface area contributed by atoms with Crippen LogP contribution in [0.25, 0.3) is 11.3 Å². The number of aromatic nitrogens is 2. The Labute approximate surface area is 175 Å².